The molecule has 0 spiro atoms. The molecule has 2 heterocycles. The van der Waals surface area contributed by atoms with Crippen molar-refractivity contribution >= 4 is 12.1 Å². The maximum atomic E-state index is 11.7. The van der Waals surface area contributed by atoms with Gasteiger partial charge in [-0.3, -0.25) is 0 Å². The van der Waals surface area contributed by atoms with Gasteiger partial charge in [0.25, 0.3) is 0 Å². The highest BCUT2D eigenvalue weighted by molar-refractivity contribution is 5.86. The van der Waals surface area contributed by atoms with Gasteiger partial charge in [0.15, 0.2) is 0 Å². The highest BCUT2D eigenvalue weighted by Gasteiger charge is 2.17. The van der Waals surface area contributed by atoms with E-state index in [1.165, 1.54) is 13.2 Å². The van der Waals surface area contributed by atoms with Crippen molar-refractivity contribution in [2.45, 2.75) is 52.6 Å². The third-order valence-electron chi connectivity index (χ3n) is 3.70. The van der Waals surface area contributed by atoms with Crippen LogP contribution in [0.15, 0.2) is 32.1 Å². The average Bonchev–Trinajstić information content (AvgIpc) is 3.30. The van der Waals surface area contributed by atoms with Gasteiger partial charge in [-0.15, -0.1) is 0 Å². The van der Waals surface area contributed by atoms with Gasteiger partial charge in [0.1, 0.15) is 22.9 Å². The van der Waals surface area contributed by atoms with Gasteiger partial charge in [-0.1, -0.05) is 5.11 Å². The summed E-state index contributed by atoms with van der Waals surface area (Å²) in [6.45, 7) is 6.26. The lowest BCUT2D eigenvalue weighted by molar-refractivity contribution is 0.0518. The van der Waals surface area contributed by atoms with Crippen LogP contribution in [0.25, 0.3) is 10.4 Å². The molecule has 1 amide bonds. The summed E-state index contributed by atoms with van der Waals surface area (Å²) in [5, 5.41) is 9.26. The summed E-state index contributed by atoms with van der Waals surface area (Å²) in [6.07, 6.45) is -0.523. The van der Waals surface area contributed by atoms with Crippen LogP contribution in [0.4, 0.5) is 4.79 Å². The molecule has 0 saturated heterocycles. The van der Waals surface area contributed by atoms with E-state index in [-0.39, 0.29) is 25.4 Å². The number of alkyl carbamates (subject to hydrolysis) is 1. The molecule has 0 aliphatic heterocycles. The largest absolute Gasteiger partial charge is 0.463 e. The number of carbonyl (C=O) groups excluding carboxylic acids is 2. The van der Waals surface area contributed by atoms with Gasteiger partial charge in [-0.2, -0.15) is 0 Å². The molecule has 0 fully saturated rings. The van der Waals surface area contributed by atoms with Crippen LogP contribution in [-0.4, -0.2) is 24.8 Å². The van der Waals surface area contributed by atoms with Gasteiger partial charge in [0, 0.05) is 10.5 Å². The number of furan rings is 2. The molecule has 2 N–H and O–H groups in total. The van der Waals surface area contributed by atoms with Crippen LogP contribution in [0.1, 0.15) is 54.2 Å². The molecule has 2 aromatic rings. The van der Waals surface area contributed by atoms with E-state index in [4.69, 9.17) is 19.1 Å². The Bertz CT molecular complexity index is 920. The highest BCUT2D eigenvalue weighted by Crippen LogP contribution is 2.18. The molecular weight excluding hydrogens is 394 g/mol. The van der Waals surface area contributed by atoms with E-state index in [0.29, 0.717) is 29.4 Å². The Hall–Kier alpha value is -3.43. The number of esters is 1. The summed E-state index contributed by atoms with van der Waals surface area (Å²) in [6, 6.07) is 5.02. The Labute approximate surface area is 173 Å². The van der Waals surface area contributed by atoms with Crippen LogP contribution in [0.5, 0.6) is 0 Å². The maximum Gasteiger partial charge on any atom is 0.408 e. The first-order chi connectivity index (χ1) is 14.2. The normalized spacial score (nSPS) is 10.9. The fourth-order valence-electron chi connectivity index (χ4n) is 2.44. The molecule has 0 unspecified atom stereocenters. The number of ether oxygens (including phenoxy) is 2. The molecular formula is C19H25N5O6. The fourth-order valence-corrected chi connectivity index (χ4v) is 2.44. The predicted molar refractivity (Wildman–Crippen MR) is 105 cm³/mol. The Morgan fingerprint density at radius 2 is 1.87 bits per heavy atom. The van der Waals surface area contributed by atoms with Crippen molar-refractivity contribution in [3.63, 3.8) is 0 Å². The topological polar surface area (TPSA) is 152 Å². The summed E-state index contributed by atoms with van der Waals surface area (Å²) in [4.78, 5) is 26.0. The molecule has 0 aromatic carbocycles. The number of hydrogen-bond donors (Lipinski definition) is 2. The summed E-state index contributed by atoms with van der Waals surface area (Å²) in [5.41, 5.74) is 8.53. The zero-order chi connectivity index (χ0) is 22.1. The van der Waals surface area contributed by atoms with E-state index in [0.717, 1.165) is 0 Å². The van der Waals surface area contributed by atoms with Gasteiger partial charge in [0.2, 0.25) is 5.76 Å². The molecule has 2 aromatic heterocycles. The third-order valence-corrected chi connectivity index (χ3v) is 3.70. The Morgan fingerprint density at radius 1 is 1.17 bits per heavy atom. The number of azide groups is 1. The van der Waals surface area contributed by atoms with Crippen LogP contribution in [0.3, 0.4) is 0 Å². The molecule has 2 rings (SSSR count). The van der Waals surface area contributed by atoms with Crippen LogP contribution >= 0.6 is 0 Å². The Kier molecular flexibility index (Phi) is 7.90. The number of carbonyl (C=O) groups is 2. The van der Waals surface area contributed by atoms with Crippen molar-refractivity contribution in [3.05, 3.63) is 57.2 Å². The smallest absolute Gasteiger partial charge is 0.408 e. The molecule has 30 heavy (non-hydrogen) atoms. The minimum absolute atomic E-state index is 0.0333. The van der Waals surface area contributed by atoms with Crippen molar-refractivity contribution < 1.29 is 27.9 Å². The van der Waals surface area contributed by atoms with Crippen LogP contribution in [0, 0.1) is 0 Å². The molecule has 0 atom stereocenters. The zero-order valence-electron chi connectivity index (χ0n) is 17.4. The van der Waals surface area contributed by atoms with E-state index < -0.39 is 17.7 Å². The summed E-state index contributed by atoms with van der Waals surface area (Å²) < 4.78 is 21.0. The second kappa shape index (κ2) is 10.4. The number of nitrogens with one attached hydrogen (secondary N) is 2. The van der Waals surface area contributed by atoms with E-state index >= 15 is 0 Å². The van der Waals surface area contributed by atoms with Crippen molar-refractivity contribution in [1.29, 1.82) is 0 Å². The number of amides is 1. The molecule has 0 aliphatic carbocycles. The van der Waals surface area contributed by atoms with E-state index in [9.17, 15) is 9.59 Å². The van der Waals surface area contributed by atoms with E-state index in [1.54, 1.807) is 32.9 Å². The summed E-state index contributed by atoms with van der Waals surface area (Å²) in [5.74, 6) is 1.10. The van der Waals surface area contributed by atoms with Crippen molar-refractivity contribution in [2.24, 2.45) is 5.11 Å². The monoisotopic (exact) mass is 419 g/mol. The summed E-state index contributed by atoms with van der Waals surface area (Å²) in [7, 11) is 1.25. The molecule has 162 valence electrons. The zero-order valence-corrected chi connectivity index (χ0v) is 17.4. The van der Waals surface area contributed by atoms with Gasteiger partial charge >= 0.3 is 12.1 Å². The van der Waals surface area contributed by atoms with Crippen LogP contribution in [-0.2, 0) is 35.7 Å². The first-order valence-corrected chi connectivity index (χ1v) is 9.17. The summed E-state index contributed by atoms with van der Waals surface area (Å²) >= 11 is 0. The van der Waals surface area contributed by atoms with E-state index in [2.05, 4.69) is 25.4 Å². The molecule has 0 radical (unpaired) electrons. The molecule has 0 aliphatic rings. The van der Waals surface area contributed by atoms with Gasteiger partial charge in [0.05, 0.1) is 33.3 Å². The first kappa shape index (κ1) is 22.9. The number of nitrogens with zero attached hydrogens (tertiary/aromatic N) is 3. The minimum atomic E-state index is -0.614. The van der Waals surface area contributed by atoms with Crippen LogP contribution in [0.2, 0.25) is 0 Å². The lowest BCUT2D eigenvalue weighted by Crippen LogP contribution is -2.32. The SMILES string of the molecule is COC(=O)c1cc(CN=[N+]=[N-])c(CNCc2ccc(CNC(=O)OC(C)(C)C)o2)o1. The van der Waals surface area contributed by atoms with Crippen LogP contribution < -0.4 is 10.6 Å². The standard InChI is InChI=1S/C19H25N5O6/c1-19(2,3)30-18(26)22-10-14-6-5-13(28-14)9-21-11-16-12(8-23-24-20)7-15(29-16)17(25)27-4/h5-7,21H,8-11H2,1-4H3,(H,22,26). The van der Waals surface area contributed by atoms with Gasteiger partial charge in [-0.25, -0.2) is 9.59 Å². The predicted octanol–water partition coefficient (Wildman–Crippen LogP) is 3.78. The average molecular weight is 419 g/mol. The Balaban J connectivity index is 1.88. The molecule has 11 nitrogen and oxygen atoms in total. The molecule has 0 bridgehead atoms. The number of hydrogen-bond acceptors (Lipinski definition) is 8. The minimum Gasteiger partial charge on any atom is -0.463 e. The second-order valence-electron chi connectivity index (χ2n) is 7.27. The van der Waals surface area contributed by atoms with Crippen molar-refractivity contribution in [2.75, 3.05) is 7.11 Å². The highest BCUT2D eigenvalue weighted by atomic mass is 16.6. The lowest BCUT2D eigenvalue weighted by Gasteiger charge is -2.19. The molecule has 0 saturated carbocycles. The van der Waals surface area contributed by atoms with Crippen molar-refractivity contribution in [1.82, 2.24) is 10.6 Å². The third kappa shape index (κ3) is 7.19. The second-order valence-corrected chi connectivity index (χ2v) is 7.27. The Morgan fingerprint density at radius 3 is 2.50 bits per heavy atom. The quantitative estimate of drug-likeness (QED) is 0.271. The van der Waals surface area contributed by atoms with Gasteiger partial charge < -0.3 is 28.9 Å². The number of methoxy groups -OCH3 is 1. The molecule has 11 heteroatoms. The van der Waals surface area contributed by atoms with E-state index in [1.807, 2.05) is 0 Å². The lowest BCUT2D eigenvalue weighted by atomic mass is 10.2. The van der Waals surface area contributed by atoms with Gasteiger partial charge in [-0.05, 0) is 44.5 Å². The number of rotatable bonds is 9. The van der Waals surface area contributed by atoms with Crippen molar-refractivity contribution in [3.8, 4) is 0 Å². The first-order valence-electron chi connectivity index (χ1n) is 9.17. The maximum absolute atomic E-state index is 11.7. The fraction of sp³-hybridized carbons (Fsp3) is 0.474.